The minimum Gasteiger partial charge on any atom is -0.493 e. The summed E-state index contributed by atoms with van der Waals surface area (Å²) in [6, 6.07) is 3.76. The van der Waals surface area contributed by atoms with Crippen LogP contribution in [-0.4, -0.2) is 33.0 Å². The van der Waals surface area contributed by atoms with Gasteiger partial charge >= 0.3 is 0 Å². The Balaban J connectivity index is 2.76. The summed E-state index contributed by atoms with van der Waals surface area (Å²) in [6.07, 6.45) is 0.896. The predicted molar refractivity (Wildman–Crippen MR) is 67.1 cm³/mol. The van der Waals surface area contributed by atoms with Gasteiger partial charge in [0.15, 0.2) is 11.5 Å². The third kappa shape index (κ3) is 3.48. The molecule has 0 aliphatic carbocycles. The Kier molecular flexibility index (Phi) is 5.17. The minimum absolute atomic E-state index is 0.265. The van der Waals surface area contributed by atoms with Crippen molar-refractivity contribution in [2.24, 2.45) is 0 Å². The molecule has 0 aliphatic rings. The van der Waals surface area contributed by atoms with Crippen LogP contribution in [0.25, 0.3) is 0 Å². The van der Waals surface area contributed by atoms with Gasteiger partial charge in [-0.05, 0) is 36.6 Å². The molecule has 98 valence electrons. The van der Waals surface area contributed by atoms with Crippen LogP contribution in [0.4, 0.5) is 0 Å². The van der Waals surface area contributed by atoms with Crippen molar-refractivity contribution >= 4 is 12.2 Å². The first kappa shape index (κ1) is 14.0. The highest BCUT2D eigenvalue weighted by atomic mass is 16.5. The highest BCUT2D eigenvalue weighted by Crippen LogP contribution is 2.30. The number of hydrogen-bond acceptors (Lipinski definition) is 4. The predicted octanol–water partition coefficient (Wildman–Crippen LogP) is 0.870. The zero-order valence-electron chi connectivity index (χ0n) is 10.8. The summed E-state index contributed by atoms with van der Waals surface area (Å²) in [5, 5.41) is 2.50. The van der Waals surface area contributed by atoms with Gasteiger partial charge in [-0.15, -0.1) is 0 Å². The smallest absolute Gasteiger partial charge is 0.284 e. The first-order valence-corrected chi connectivity index (χ1v) is 5.57. The van der Waals surface area contributed by atoms with Gasteiger partial charge in [-0.3, -0.25) is 9.59 Å². The Hall–Kier alpha value is -2.04. The fourth-order valence-corrected chi connectivity index (χ4v) is 1.65. The molecule has 0 radical (unpaired) electrons. The fourth-order valence-electron chi connectivity index (χ4n) is 1.65. The summed E-state index contributed by atoms with van der Waals surface area (Å²) in [5.74, 6) is 0.726. The monoisotopic (exact) mass is 251 g/mol. The molecule has 1 amide bonds. The topological polar surface area (TPSA) is 64.6 Å². The zero-order valence-corrected chi connectivity index (χ0v) is 10.8. The number of nitrogens with one attached hydrogen (secondary N) is 1. The Labute approximate surface area is 106 Å². The van der Waals surface area contributed by atoms with E-state index >= 15 is 0 Å². The van der Waals surface area contributed by atoms with Gasteiger partial charge in [0, 0.05) is 6.54 Å². The molecule has 0 aliphatic heterocycles. The average Bonchev–Trinajstić information content (AvgIpc) is 2.39. The van der Waals surface area contributed by atoms with E-state index in [-0.39, 0.29) is 6.29 Å². The van der Waals surface area contributed by atoms with E-state index in [0.717, 1.165) is 11.1 Å². The van der Waals surface area contributed by atoms with E-state index in [4.69, 9.17) is 9.47 Å². The van der Waals surface area contributed by atoms with Crippen LogP contribution in [0.1, 0.15) is 11.1 Å². The summed E-state index contributed by atoms with van der Waals surface area (Å²) < 4.78 is 10.4. The molecule has 1 N–H and O–H groups in total. The standard InChI is InChI=1S/C13H17NO4/c1-9-6-11(17-2)12(18-3)7-10(9)4-5-14-13(16)8-15/h6-8H,4-5H2,1-3H3,(H,14,16). The lowest BCUT2D eigenvalue weighted by atomic mass is 10.0. The molecular weight excluding hydrogens is 234 g/mol. The van der Waals surface area contributed by atoms with Crippen molar-refractivity contribution in [3.63, 3.8) is 0 Å². The molecule has 0 aromatic heterocycles. The largest absolute Gasteiger partial charge is 0.493 e. The Morgan fingerprint density at radius 3 is 2.44 bits per heavy atom. The molecule has 5 heteroatoms. The highest BCUT2D eigenvalue weighted by molar-refractivity contribution is 6.23. The second-order valence-electron chi connectivity index (χ2n) is 3.79. The first-order chi connectivity index (χ1) is 8.62. The molecule has 0 saturated heterocycles. The maximum atomic E-state index is 10.8. The molecule has 0 fully saturated rings. The van der Waals surface area contributed by atoms with Crippen molar-refractivity contribution in [2.45, 2.75) is 13.3 Å². The number of amides is 1. The molecule has 5 nitrogen and oxygen atoms in total. The van der Waals surface area contributed by atoms with E-state index in [9.17, 15) is 9.59 Å². The van der Waals surface area contributed by atoms with E-state index in [1.807, 2.05) is 19.1 Å². The number of hydrogen-bond donors (Lipinski definition) is 1. The zero-order chi connectivity index (χ0) is 13.5. The summed E-state index contributed by atoms with van der Waals surface area (Å²) in [6.45, 7) is 2.37. The SMILES string of the molecule is COc1cc(C)c(CCNC(=O)C=O)cc1OC. The lowest BCUT2D eigenvalue weighted by Gasteiger charge is -2.12. The van der Waals surface area contributed by atoms with E-state index in [1.54, 1.807) is 14.2 Å². The average molecular weight is 251 g/mol. The number of carbonyl (C=O) groups is 2. The number of aryl methyl sites for hydroxylation is 1. The molecule has 0 spiro atoms. The molecule has 18 heavy (non-hydrogen) atoms. The number of benzene rings is 1. The van der Waals surface area contributed by atoms with Gasteiger partial charge in [0.25, 0.3) is 5.91 Å². The van der Waals surface area contributed by atoms with Crippen LogP contribution in [0.15, 0.2) is 12.1 Å². The van der Waals surface area contributed by atoms with Gasteiger partial charge in [-0.25, -0.2) is 0 Å². The van der Waals surface area contributed by atoms with Crippen LogP contribution in [-0.2, 0) is 16.0 Å². The van der Waals surface area contributed by atoms with Crippen molar-refractivity contribution < 1.29 is 19.1 Å². The molecular formula is C13H17NO4. The van der Waals surface area contributed by atoms with Gasteiger partial charge in [0.1, 0.15) is 0 Å². The lowest BCUT2D eigenvalue weighted by Crippen LogP contribution is -2.26. The minimum atomic E-state index is -0.604. The maximum absolute atomic E-state index is 10.8. The summed E-state index contributed by atoms with van der Waals surface area (Å²) in [4.78, 5) is 20.9. The summed E-state index contributed by atoms with van der Waals surface area (Å²) in [7, 11) is 3.16. The third-order valence-corrected chi connectivity index (χ3v) is 2.64. The molecule has 0 atom stereocenters. The van der Waals surface area contributed by atoms with Gasteiger partial charge < -0.3 is 14.8 Å². The summed E-state index contributed by atoms with van der Waals surface area (Å²) in [5.41, 5.74) is 2.09. The third-order valence-electron chi connectivity index (χ3n) is 2.64. The lowest BCUT2D eigenvalue weighted by molar-refractivity contribution is -0.131. The van der Waals surface area contributed by atoms with Gasteiger partial charge in [0.05, 0.1) is 14.2 Å². The van der Waals surface area contributed by atoms with Crippen molar-refractivity contribution in [3.8, 4) is 11.5 Å². The Bertz CT molecular complexity index is 443. The number of ether oxygens (including phenoxy) is 2. The molecule has 1 rings (SSSR count). The van der Waals surface area contributed by atoms with E-state index in [0.29, 0.717) is 24.5 Å². The molecule has 1 aromatic carbocycles. The van der Waals surface area contributed by atoms with Crippen molar-refractivity contribution in [3.05, 3.63) is 23.3 Å². The highest BCUT2D eigenvalue weighted by Gasteiger charge is 2.08. The van der Waals surface area contributed by atoms with Gasteiger partial charge in [0.2, 0.25) is 6.29 Å². The molecule has 1 aromatic rings. The van der Waals surface area contributed by atoms with Crippen molar-refractivity contribution in [1.82, 2.24) is 5.32 Å². The van der Waals surface area contributed by atoms with Gasteiger partial charge in [-0.1, -0.05) is 0 Å². The quantitative estimate of drug-likeness (QED) is 0.602. The number of rotatable bonds is 6. The number of carbonyl (C=O) groups excluding carboxylic acids is 2. The van der Waals surface area contributed by atoms with E-state index < -0.39 is 5.91 Å². The number of methoxy groups -OCH3 is 2. The Morgan fingerprint density at radius 2 is 1.89 bits per heavy atom. The van der Waals surface area contributed by atoms with Gasteiger partial charge in [-0.2, -0.15) is 0 Å². The summed E-state index contributed by atoms with van der Waals surface area (Å²) >= 11 is 0. The number of aldehydes is 1. The second kappa shape index (κ2) is 6.64. The van der Waals surface area contributed by atoms with Crippen LogP contribution in [0.2, 0.25) is 0 Å². The molecule has 0 bridgehead atoms. The van der Waals surface area contributed by atoms with Crippen LogP contribution < -0.4 is 14.8 Å². The van der Waals surface area contributed by atoms with Crippen molar-refractivity contribution in [2.75, 3.05) is 20.8 Å². The molecule has 0 unspecified atom stereocenters. The van der Waals surface area contributed by atoms with Crippen LogP contribution in [0.3, 0.4) is 0 Å². The fraction of sp³-hybridized carbons (Fsp3) is 0.385. The normalized spacial score (nSPS) is 9.72. The van der Waals surface area contributed by atoms with Crippen LogP contribution >= 0.6 is 0 Å². The molecule has 0 heterocycles. The van der Waals surface area contributed by atoms with E-state index in [2.05, 4.69) is 5.32 Å². The first-order valence-electron chi connectivity index (χ1n) is 5.57. The van der Waals surface area contributed by atoms with Crippen LogP contribution in [0.5, 0.6) is 11.5 Å². The second-order valence-corrected chi connectivity index (χ2v) is 3.79. The van der Waals surface area contributed by atoms with Crippen LogP contribution in [0, 0.1) is 6.92 Å². The molecule has 0 saturated carbocycles. The van der Waals surface area contributed by atoms with Crippen molar-refractivity contribution in [1.29, 1.82) is 0 Å². The van der Waals surface area contributed by atoms with E-state index in [1.165, 1.54) is 0 Å². The Morgan fingerprint density at radius 1 is 1.28 bits per heavy atom. The maximum Gasteiger partial charge on any atom is 0.284 e.